The van der Waals surface area contributed by atoms with Crippen LogP contribution in [0.1, 0.15) is 83.1 Å². The van der Waals surface area contributed by atoms with Gasteiger partial charge in [0.1, 0.15) is 18.2 Å². The largest absolute Gasteiger partial charge is 0.493 e. The van der Waals surface area contributed by atoms with Crippen LogP contribution in [-0.2, 0) is 28.5 Å². The van der Waals surface area contributed by atoms with Crippen LogP contribution in [-0.4, -0.2) is 73.8 Å². The summed E-state index contributed by atoms with van der Waals surface area (Å²) >= 11 is 0. The Balaban J connectivity index is 1.75. The van der Waals surface area contributed by atoms with Gasteiger partial charge in [-0.25, -0.2) is 9.78 Å². The minimum Gasteiger partial charge on any atom is -0.493 e. The third kappa shape index (κ3) is 9.06. The predicted molar refractivity (Wildman–Crippen MR) is 140 cm³/mol. The number of ether oxygens (including phenoxy) is 6. The van der Waals surface area contributed by atoms with Crippen LogP contribution in [0.15, 0.2) is 12.3 Å². The molecule has 1 amide bonds. The molecule has 1 N–H and O–H groups in total. The molecule has 11 heteroatoms. The van der Waals surface area contributed by atoms with Crippen LogP contribution in [0.3, 0.4) is 0 Å². The number of nitrogens with zero attached hydrogens (tertiary/aromatic N) is 1. The molecule has 4 atom stereocenters. The van der Waals surface area contributed by atoms with Gasteiger partial charge in [-0.3, -0.25) is 9.59 Å². The van der Waals surface area contributed by atoms with Gasteiger partial charge in [0.05, 0.1) is 19.3 Å². The van der Waals surface area contributed by atoms with E-state index in [1.807, 2.05) is 6.92 Å². The maximum absolute atomic E-state index is 13.3. The number of nitrogens with one attached hydrogen (secondary N) is 1. The van der Waals surface area contributed by atoms with Crippen LogP contribution in [0.4, 0.5) is 0 Å². The molecule has 4 unspecified atom stereocenters. The summed E-state index contributed by atoms with van der Waals surface area (Å²) in [4.78, 5) is 41.8. The van der Waals surface area contributed by atoms with Crippen LogP contribution >= 0.6 is 0 Å². The van der Waals surface area contributed by atoms with Gasteiger partial charge in [0.2, 0.25) is 6.79 Å². The lowest BCUT2D eigenvalue weighted by atomic mass is 10.0. The van der Waals surface area contributed by atoms with E-state index in [2.05, 4.69) is 24.1 Å². The second-order valence-electron chi connectivity index (χ2n) is 10.5. The molecule has 0 aromatic carbocycles. The first-order valence-corrected chi connectivity index (χ1v) is 13.8. The number of esters is 2. The van der Waals surface area contributed by atoms with Gasteiger partial charge in [0, 0.05) is 25.8 Å². The van der Waals surface area contributed by atoms with E-state index in [0.717, 1.165) is 25.7 Å². The normalized spacial score (nSPS) is 24.3. The van der Waals surface area contributed by atoms with E-state index in [1.165, 1.54) is 26.3 Å². The highest BCUT2D eigenvalue weighted by molar-refractivity contribution is 5.98. The van der Waals surface area contributed by atoms with E-state index < -0.39 is 42.9 Å². The van der Waals surface area contributed by atoms with Crippen molar-refractivity contribution in [2.24, 2.45) is 5.92 Å². The van der Waals surface area contributed by atoms with Crippen LogP contribution in [0.5, 0.6) is 11.5 Å². The van der Waals surface area contributed by atoms with Crippen molar-refractivity contribution in [2.45, 2.75) is 103 Å². The average molecular weight is 551 g/mol. The van der Waals surface area contributed by atoms with Crippen LogP contribution in [0.25, 0.3) is 0 Å². The molecule has 2 heterocycles. The second kappa shape index (κ2) is 15.0. The summed E-state index contributed by atoms with van der Waals surface area (Å²) in [6.45, 7) is 7.28. The smallest absolute Gasteiger partial charge is 0.329 e. The number of aromatic nitrogens is 1. The first-order chi connectivity index (χ1) is 18.7. The summed E-state index contributed by atoms with van der Waals surface area (Å²) in [6.07, 6.45) is 6.36. The molecule has 0 spiro atoms. The zero-order chi connectivity index (χ0) is 28.4. The lowest BCUT2D eigenvalue weighted by molar-refractivity contribution is -0.173. The highest BCUT2D eigenvalue weighted by Gasteiger charge is 2.37. The Labute approximate surface area is 230 Å². The van der Waals surface area contributed by atoms with E-state index in [1.54, 1.807) is 0 Å². The zero-order valence-electron chi connectivity index (χ0n) is 23.6. The molecule has 2 aliphatic rings. The molecule has 0 radical (unpaired) electrons. The Bertz CT molecular complexity index is 964. The SMILES string of the molecule is COc1ccnc(C(=O)NC2CCCC(OC3CCCC3)C(OCC(C)C)C(C)OC2=O)c1OCOC(C)=O. The van der Waals surface area contributed by atoms with E-state index >= 15 is 0 Å². The predicted octanol–water partition coefficient (Wildman–Crippen LogP) is 3.57. The van der Waals surface area contributed by atoms with Crippen molar-refractivity contribution in [3.8, 4) is 11.5 Å². The van der Waals surface area contributed by atoms with Gasteiger partial charge in [0.25, 0.3) is 5.91 Å². The van der Waals surface area contributed by atoms with Crippen molar-refractivity contribution in [3.05, 3.63) is 18.0 Å². The fourth-order valence-corrected chi connectivity index (χ4v) is 4.83. The topological polar surface area (TPSA) is 132 Å². The van der Waals surface area contributed by atoms with Crippen molar-refractivity contribution >= 4 is 17.8 Å². The number of amides is 1. The standard InChI is InChI=1S/C28H42N2O9/c1-17(2)15-35-25-18(3)38-28(33)21(11-8-12-23(25)39-20-9-6-7-10-20)30-27(32)24-26(37-16-36-19(4)31)22(34-5)13-14-29-24/h13-14,17-18,20-21,23,25H,6-12,15-16H2,1-5H3,(H,30,32). The molecule has 1 aliphatic carbocycles. The summed E-state index contributed by atoms with van der Waals surface area (Å²) in [7, 11) is 1.41. The number of carbonyl (C=O) groups excluding carboxylic acids is 3. The van der Waals surface area contributed by atoms with Crippen molar-refractivity contribution in [3.63, 3.8) is 0 Å². The molecule has 39 heavy (non-hydrogen) atoms. The Morgan fingerprint density at radius 1 is 1.15 bits per heavy atom. The van der Waals surface area contributed by atoms with Gasteiger partial charge < -0.3 is 33.7 Å². The number of carbonyl (C=O) groups is 3. The summed E-state index contributed by atoms with van der Waals surface area (Å²) < 4.78 is 34.2. The van der Waals surface area contributed by atoms with Crippen molar-refractivity contribution in [2.75, 3.05) is 20.5 Å². The van der Waals surface area contributed by atoms with Gasteiger partial charge in [-0.1, -0.05) is 26.7 Å². The quantitative estimate of drug-likeness (QED) is 0.322. The summed E-state index contributed by atoms with van der Waals surface area (Å²) in [5, 5.41) is 2.74. The maximum Gasteiger partial charge on any atom is 0.329 e. The van der Waals surface area contributed by atoms with E-state index in [-0.39, 0.29) is 29.4 Å². The second-order valence-corrected chi connectivity index (χ2v) is 10.5. The lowest BCUT2D eigenvalue weighted by Gasteiger charge is -2.33. The Morgan fingerprint density at radius 2 is 1.90 bits per heavy atom. The van der Waals surface area contributed by atoms with E-state index in [9.17, 15) is 14.4 Å². The minimum atomic E-state index is -0.912. The van der Waals surface area contributed by atoms with Crippen LogP contribution in [0, 0.1) is 5.92 Å². The van der Waals surface area contributed by atoms with Crippen molar-refractivity contribution < 1.29 is 42.8 Å². The number of methoxy groups -OCH3 is 1. The lowest BCUT2D eigenvalue weighted by Crippen LogP contribution is -2.46. The Kier molecular flexibility index (Phi) is 11.8. The monoisotopic (exact) mass is 550 g/mol. The van der Waals surface area contributed by atoms with Gasteiger partial charge in [-0.05, 0) is 44.9 Å². The molecule has 2 fully saturated rings. The van der Waals surface area contributed by atoms with Gasteiger partial charge in [-0.15, -0.1) is 0 Å². The van der Waals surface area contributed by atoms with Gasteiger partial charge in [-0.2, -0.15) is 0 Å². The third-order valence-electron chi connectivity index (χ3n) is 6.76. The number of hydrogen-bond donors (Lipinski definition) is 1. The highest BCUT2D eigenvalue weighted by Crippen LogP contribution is 2.31. The molecule has 218 valence electrons. The van der Waals surface area contributed by atoms with Gasteiger partial charge >= 0.3 is 11.9 Å². The minimum absolute atomic E-state index is 0.00395. The number of hydrogen-bond acceptors (Lipinski definition) is 10. The van der Waals surface area contributed by atoms with Crippen molar-refractivity contribution in [1.29, 1.82) is 0 Å². The van der Waals surface area contributed by atoms with Crippen LogP contribution in [0.2, 0.25) is 0 Å². The fraction of sp³-hybridized carbons (Fsp3) is 0.714. The fourth-order valence-electron chi connectivity index (χ4n) is 4.83. The molecule has 0 bridgehead atoms. The first-order valence-electron chi connectivity index (χ1n) is 13.8. The Morgan fingerprint density at radius 3 is 2.56 bits per heavy atom. The number of rotatable bonds is 11. The molecule has 1 saturated heterocycles. The molecule has 3 rings (SSSR count). The van der Waals surface area contributed by atoms with Crippen LogP contribution < -0.4 is 14.8 Å². The Hall–Kier alpha value is -2.92. The third-order valence-corrected chi connectivity index (χ3v) is 6.76. The summed E-state index contributed by atoms with van der Waals surface area (Å²) in [5.41, 5.74) is -0.109. The summed E-state index contributed by atoms with van der Waals surface area (Å²) in [6, 6.07) is 0.600. The zero-order valence-corrected chi connectivity index (χ0v) is 23.6. The highest BCUT2D eigenvalue weighted by atomic mass is 16.7. The van der Waals surface area contributed by atoms with Gasteiger partial charge in [0.15, 0.2) is 17.2 Å². The molecule has 1 aliphatic heterocycles. The molecule has 1 aromatic rings. The molecular formula is C28H42N2O9. The number of cyclic esters (lactones) is 1. The first kappa shape index (κ1) is 30.6. The van der Waals surface area contributed by atoms with Crippen molar-refractivity contribution in [1.82, 2.24) is 10.3 Å². The molecule has 1 aromatic heterocycles. The average Bonchev–Trinajstić information content (AvgIpc) is 3.41. The summed E-state index contributed by atoms with van der Waals surface area (Å²) in [5.74, 6) is -1.21. The molecule has 1 saturated carbocycles. The molecule has 11 nitrogen and oxygen atoms in total. The molecular weight excluding hydrogens is 508 g/mol. The maximum atomic E-state index is 13.3. The van der Waals surface area contributed by atoms with E-state index in [0.29, 0.717) is 31.8 Å². The number of pyridine rings is 1. The van der Waals surface area contributed by atoms with E-state index in [4.69, 9.17) is 28.4 Å².